The maximum Gasteiger partial charge on any atom is 0.248 e. The monoisotopic (exact) mass is 757 g/mol. The number of fused-ring (bicyclic) bond motifs is 8. The molecule has 57 heavy (non-hydrogen) atoms. The molecule has 2 aliphatic heterocycles. The first-order valence-electron chi connectivity index (χ1n) is 22.5. The van der Waals surface area contributed by atoms with Gasteiger partial charge < -0.3 is 4.90 Å². The van der Waals surface area contributed by atoms with E-state index in [0.717, 1.165) is 0 Å². The van der Waals surface area contributed by atoms with Crippen LogP contribution in [0.4, 0.5) is 17.1 Å². The van der Waals surface area contributed by atoms with E-state index in [-0.39, 0.29) is 6.71 Å². The van der Waals surface area contributed by atoms with Crippen LogP contribution in [0, 0.1) is 0 Å². The minimum atomic E-state index is 0.247. The molecule has 12 rings (SSSR count). The molecule has 282 valence electrons. The minimum Gasteiger partial charge on any atom is -0.311 e. The third-order valence-corrected chi connectivity index (χ3v) is 16.2. The molecule has 1 aromatic heterocycles. The number of hydrogen-bond donors (Lipinski definition) is 0. The van der Waals surface area contributed by atoms with Gasteiger partial charge in [0.05, 0.1) is 0 Å². The van der Waals surface area contributed by atoms with Crippen molar-refractivity contribution in [2.24, 2.45) is 0 Å². The molecule has 0 unspecified atom stereocenters. The van der Waals surface area contributed by atoms with Crippen LogP contribution in [0.1, 0.15) is 131 Å². The highest BCUT2D eigenvalue weighted by Crippen LogP contribution is 2.47. The van der Waals surface area contributed by atoms with Crippen LogP contribution in [0.2, 0.25) is 0 Å². The number of thiophene rings is 1. The van der Waals surface area contributed by atoms with Crippen molar-refractivity contribution in [3.8, 4) is 22.3 Å². The van der Waals surface area contributed by atoms with Gasteiger partial charge in [-0.3, -0.25) is 0 Å². The predicted octanol–water partition coefficient (Wildman–Crippen LogP) is 14.1. The van der Waals surface area contributed by atoms with E-state index in [1.807, 2.05) is 11.3 Å². The highest BCUT2D eigenvalue weighted by Gasteiger charge is 2.43. The van der Waals surface area contributed by atoms with Gasteiger partial charge in [0, 0.05) is 37.2 Å². The summed E-state index contributed by atoms with van der Waals surface area (Å²) in [5.41, 5.74) is 18.8. The lowest BCUT2D eigenvalue weighted by molar-refractivity contribution is 0.443. The second-order valence-electron chi connectivity index (χ2n) is 18.3. The molecule has 0 bridgehead atoms. The van der Waals surface area contributed by atoms with Crippen molar-refractivity contribution < 1.29 is 0 Å². The zero-order chi connectivity index (χ0) is 37.5. The first kappa shape index (κ1) is 34.4. The number of hydrogen-bond acceptors (Lipinski definition) is 2. The molecule has 0 radical (unpaired) electrons. The summed E-state index contributed by atoms with van der Waals surface area (Å²) in [6.45, 7) is 0.247. The first-order chi connectivity index (χ1) is 28.3. The van der Waals surface area contributed by atoms with E-state index in [2.05, 4.69) is 120 Å². The minimum absolute atomic E-state index is 0.247. The van der Waals surface area contributed by atoms with Gasteiger partial charge in [0.15, 0.2) is 0 Å². The van der Waals surface area contributed by atoms with Gasteiger partial charge in [0.1, 0.15) is 0 Å². The number of benzene rings is 6. The van der Waals surface area contributed by atoms with Crippen molar-refractivity contribution in [2.45, 2.75) is 114 Å². The van der Waals surface area contributed by atoms with Crippen molar-refractivity contribution in [3.63, 3.8) is 0 Å². The summed E-state index contributed by atoms with van der Waals surface area (Å²) in [6, 6.07) is 46.5. The summed E-state index contributed by atoms with van der Waals surface area (Å²) in [6.07, 6.45) is 20.3. The molecule has 0 spiro atoms. The zero-order valence-corrected chi connectivity index (χ0v) is 34.1. The molecule has 0 saturated heterocycles. The Morgan fingerprint density at radius 2 is 1.07 bits per heavy atom. The Balaban J connectivity index is 1.10. The fraction of sp³-hybridized carbons (Fsp3) is 0.333. The molecular weight excluding hydrogens is 705 g/mol. The zero-order valence-electron chi connectivity index (χ0n) is 33.2. The summed E-state index contributed by atoms with van der Waals surface area (Å²) < 4.78 is 2.74. The lowest BCUT2D eigenvalue weighted by atomic mass is 9.37. The van der Waals surface area contributed by atoms with Crippen LogP contribution in [-0.2, 0) is 0 Å². The molecule has 0 atom stereocenters. The topological polar surface area (TPSA) is 3.24 Å². The third-order valence-electron chi connectivity index (χ3n) is 15.1. The normalized spacial score (nSPS) is 18.6. The standard InChI is InChI=1S/C54H52BNS/c1-4-13-35(14-5-1)38-23-27-42(28-24-38)56-49-30-26-40(37-17-8-3-9-18-37)33-48(49)55-47-32-39(36-15-6-2-7-16-36)25-29-44(47)46-31-41(34-50(56)54(46)55)43-20-12-22-52-53(43)45-19-10-11-21-51(45)57-52/h10-12,19-37H,1-9,13-18H2. The fourth-order valence-electron chi connectivity index (χ4n) is 12.2. The molecule has 0 N–H and O–H groups in total. The molecule has 7 aromatic rings. The number of nitrogens with zero attached hydrogens (tertiary/aromatic N) is 1. The van der Waals surface area contributed by atoms with Crippen LogP contribution in [0.15, 0.2) is 115 Å². The number of anilines is 3. The molecule has 3 heteroatoms. The van der Waals surface area contributed by atoms with Gasteiger partial charge >= 0.3 is 0 Å². The Bertz CT molecular complexity index is 2650. The Labute approximate surface area is 343 Å². The lowest BCUT2D eigenvalue weighted by Gasteiger charge is -2.37. The van der Waals surface area contributed by atoms with Gasteiger partial charge in [0.2, 0.25) is 6.71 Å². The SMILES string of the molecule is c1ccc2c(c1)sc1cccc(-c3cc4c5c(c3)N(c3ccc(C6CCCCC6)cc3)c3ccc(C6CCCCC6)cc3B5c3cc(C5CCCCC5)ccc3-4)c12. The van der Waals surface area contributed by atoms with Crippen LogP contribution in [0.25, 0.3) is 42.4 Å². The average Bonchev–Trinajstić information content (AvgIpc) is 3.84. The van der Waals surface area contributed by atoms with Crippen molar-refractivity contribution in [3.05, 3.63) is 132 Å². The van der Waals surface area contributed by atoms with E-state index in [4.69, 9.17) is 0 Å². The van der Waals surface area contributed by atoms with Crippen molar-refractivity contribution in [2.75, 3.05) is 4.90 Å². The fourth-order valence-corrected chi connectivity index (χ4v) is 13.3. The smallest absolute Gasteiger partial charge is 0.248 e. The van der Waals surface area contributed by atoms with Gasteiger partial charge in [-0.1, -0.05) is 136 Å². The van der Waals surface area contributed by atoms with Crippen LogP contribution in [0.3, 0.4) is 0 Å². The molecule has 5 aliphatic rings. The first-order valence-corrected chi connectivity index (χ1v) is 23.4. The van der Waals surface area contributed by atoms with E-state index in [1.165, 1.54) is 172 Å². The highest BCUT2D eigenvalue weighted by molar-refractivity contribution is 7.26. The molecule has 0 amide bonds. The molecule has 3 heterocycles. The second kappa shape index (κ2) is 14.1. The van der Waals surface area contributed by atoms with Gasteiger partial charge in [-0.25, -0.2) is 0 Å². The van der Waals surface area contributed by atoms with E-state index >= 15 is 0 Å². The van der Waals surface area contributed by atoms with Gasteiger partial charge in [-0.05, 0) is 149 Å². The van der Waals surface area contributed by atoms with Crippen LogP contribution in [-0.4, -0.2) is 6.71 Å². The lowest BCUT2D eigenvalue weighted by Crippen LogP contribution is -2.55. The van der Waals surface area contributed by atoms with E-state index in [0.29, 0.717) is 17.8 Å². The maximum atomic E-state index is 2.68. The summed E-state index contributed by atoms with van der Waals surface area (Å²) in [4.78, 5) is 2.67. The summed E-state index contributed by atoms with van der Waals surface area (Å²) in [5, 5.41) is 2.76. The van der Waals surface area contributed by atoms with Gasteiger partial charge in [0.25, 0.3) is 0 Å². The van der Waals surface area contributed by atoms with Gasteiger partial charge in [-0.2, -0.15) is 0 Å². The Morgan fingerprint density at radius 1 is 0.456 bits per heavy atom. The van der Waals surface area contributed by atoms with E-state index in [1.54, 1.807) is 16.6 Å². The number of rotatable bonds is 5. The molecule has 3 saturated carbocycles. The summed E-state index contributed by atoms with van der Waals surface area (Å²) >= 11 is 1.92. The highest BCUT2D eigenvalue weighted by atomic mass is 32.1. The maximum absolute atomic E-state index is 2.68. The van der Waals surface area contributed by atoms with E-state index < -0.39 is 0 Å². The quantitative estimate of drug-likeness (QED) is 0.158. The van der Waals surface area contributed by atoms with Crippen LogP contribution < -0.4 is 21.3 Å². The van der Waals surface area contributed by atoms with Gasteiger partial charge in [-0.15, -0.1) is 11.3 Å². The van der Waals surface area contributed by atoms with Crippen LogP contribution in [0.5, 0.6) is 0 Å². The summed E-state index contributed by atoms with van der Waals surface area (Å²) in [7, 11) is 0. The molecule has 3 fully saturated rings. The van der Waals surface area contributed by atoms with E-state index in [9.17, 15) is 0 Å². The molecule has 6 aromatic carbocycles. The molecule has 1 nitrogen and oxygen atoms in total. The second-order valence-corrected chi connectivity index (χ2v) is 19.3. The largest absolute Gasteiger partial charge is 0.311 e. The molecular formula is C54H52BNS. The Hall–Kier alpha value is -4.60. The van der Waals surface area contributed by atoms with Crippen molar-refractivity contribution in [1.82, 2.24) is 0 Å². The van der Waals surface area contributed by atoms with Crippen LogP contribution >= 0.6 is 11.3 Å². The summed E-state index contributed by atoms with van der Waals surface area (Å²) in [5.74, 6) is 2.05. The average molecular weight is 758 g/mol. The third kappa shape index (κ3) is 5.70. The predicted molar refractivity (Wildman–Crippen MR) is 247 cm³/mol. The van der Waals surface area contributed by atoms with Crippen molar-refractivity contribution >= 4 is 71.7 Å². The Kier molecular flexibility index (Phi) is 8.49. The molecule has 3 aliphatic carbocycles. The van der Waals surface area contributed by atoms with Crippen molar-refractivity contribution in [1.29, 1.82) is 0 Å². The Morgan fingerprint density at radius 3 is 1.79 bits per heavy atom.